The molecular weight excluding hydrogens is 264 g/mol. The topological polar surface area (TPSA) is 24.9 Å². The number of fused-ring (bicyclic) bond motifs is 1. The van der Waals surface area contributed by atoms with Gasteiger partial charge in [0.1, 0.15) is 0 Å². The molecule has 1 aliphatic rings. The molecule has 1 aromatic heterocycles. The molecule has 1 atom stereocenters. The molecule has 1 aliphatic carbocycles. The smallest absolute Gasteiger partial charge is 0.0477 e. The van der Waals surface area contributed by atoms with Crippen LogP contribution in [-0.2, 0) is 18.4 Å². The van der Waals surface area contributed by atoms with E-state index in [4.69, 9.17) is 0 Å². The molecule has 18 heavy (non-hydrogen) atoms. The molecule has 2 aromatic rings. The molecule has 1 heterocycles. The quantitative estimate of drug-likeness (QED) is 0.914. The molecule has 0 aliphatic heterocycles. The first-order valence-corrected chi connectivity index (χ1v) is 6.78. The summed E-state index contributed by atoms with van der Waals surface area (Å²) < 4.78 is 4.31. The number of nitrogens with zero attached hydrogens (tertiary/aromatic N) is 1. The van der Waals surface area contributed by atoms with Crippen LogP contribution in [0.4, 0.5) is 0 Å². The monoisotopic (exact) mass is 280 g/mol. The van der Waals surface area contributed by atoms with Crippen LogP contribution < -0.4 is 5.32 Å². The summed E-state index contributed by atoms with van der Waals surface area (Å²) in [7, 11) is 2.07. The molecule has 2 nitrogen and oxygen atoms in total. The molecule has 0 bridgehead atoms. The number of aryl methyl sites for hydroxylation is 1. The maximum atomic E-state index is 4.31. The number of rotatable bonds is 2. The van der Waals surface area contributed by atoms with Gasteiger partial charge in [-0.3, -0.25) is 0 Å². The molecule has 4 heteroatoms. The van der Waals surface area contributed by atoms with Crippen LogP contribution in [0.25, 0.3) is 0 Å². The molecule has 0 amide bonds. The Labute approximate surface area is 118 Å². The summed E-state index contributed by atoms with van der Waals surface area (Å²) in [6.07, 6.45) is 5.38. The summed E-state index contributed by atoms with van der Waals surface area (Å²) in [5, 5.41) is 3.54. The molecule has 96 valence electrons. The maximum Gasteiger partial charge on any atom is 0.0477 e. The molecule has 1 N–H and O–H groups in total. The minimum absolute atomic E-state index is 0. The zero-order chi connectivity index (χ0) is 11.7. The van der Waals surface area contributed by atoms with Crippen molar-refractivity contribution < 1.29 is 0 Å². The lowest BCUT2D eigenvalue weighted by Crippen LogP contribution is -2.44. The number of hydrogen-bond acceptors (Lipinski definition) is 3. The molecule has 0 fully saturated rings. The maximum absolute atomic E-state index is 4.31. The van der Waals surface area contributed by atoms with E-state index in [0.717, 1.165) is 19.3 Å². The van der Waals surface area contributed by atoms with Crippen molar-refractivity contribution in [1.82, 2.24) is 9.69 Å². The molecule has 0 saturated carbocycles. The predicted molar refractivity (Wildman–Crippen MR) is 78.6 cm³/mol. The van der Waals surface area contributed by atoms with Gasteiger partial charge in [-0.2, -0.15) is 0 Å². The van der Waals surface area contributed by atoms with E-state index in [1.807, 2.05) is 6.20 Å². The van der Waals surface area contributed by atoms with Gasteiger partial charge in [0.25, 0.3) is 0 Å². The van der Waals surface area contributed by atoms with Crippen molar-refractivity contribution in [3.8, 4) is 0 Å². The van der Waals surface area contributed by atoms with E-state index in [1.54, 1.807) is 11.5 Å². The first kappa shape index (κ1) is 13.5. The van der Waals surface area contributed by atoms with Crippen molar-refractivity contribution in [3.05, 3.63) is 52.5 Å². The van der Waals surface area contributed by atoms with Gasteiger partial charge in [-0.25, -0.2) is 4.37 Å². The van der Waals surface area contributed by atoms with Crippen LogP contribution in [0, 0.1) is 0 Å². The summed E-state index contributed by atoms with van der Waals surface area (Å²) in [6.45, 7) is 0. The Balaban J connectivity index is 0.00000120. The molecule has 1 aromatic carbocycles. The Bertz CT molecular complexity index is 512. The fourth-order valence-corrected chi connectivity index (χ4v) is 3.48. The van der Waals surface area contributed by atoms with E-state index in [0.29, 0.717) is 0 Å². The summed E-state index contributed by atoms with van der Waals surface area (Å²) in [5.74, 6) is 0. The van der Waals surface area contributed by atoms with Gasteiger partial charge in [0.2, 0.25) is 0 Å². The second kappa shape index (κ2) is 5.39. The third kappa shape index (κ3) is 2.18. The van der Waals surface area contributed by atoms with Crippen molar-refractivity contribution in [2.75, 3.05) is 7.05 Å². The van der Waals surface area contributed by atoms with Crippen LogP contribution in [0.5, 0.6) is 0 Å². The lowest BCUT2D eigenvalue weighted by atomic mass is 9.76. The van der Waals surface area contributed by atoms with Crippen LogP contribution in [-0.4, -0.2) is 11.4 Å². The average Bonchev–Trinajstić information content (AvgIpc) is 2.86. The zero-order valence-corrected chi connectivity index (χ0v) is 12.0. The fourth-order valence-electron chi connectivity index (χ4n) is 2.74. The number of likely N-dealkylation sites (N-methyl/N-ethyl adjacent to an activating group) is 1. The average molecular weight is 281 g/mol. The van der Waals surface area contributed by atoms with Crippen LogP contribution in [0.1, 0.15) is 22.4 Å². The van der Waals surface area contributed by atoms with E-state index in [-0.39, 0.29) is 17.9 Å². The van der Waals surface area contributed by atoms with Gasteiger partial charge < -0.3 is 5.32 Å². The van der Waals surface area contributed by atoms with Gasteiger partial charge in [0, 0.05) is 16.6 Å². The third-order valence-corrected chi connectivity index (χ3v) is 4.70. The Hall–Kier alpha value is -0.900. The van der Waals surface area contributed by atoms with Crippen LogP contribution in [0.3, 0.4) is 0 Å². The predicted octanol–water partition coefficient (Wildman–Crippen LogP) is 3.17. The van der Waals surface area contributed by atoms with Gasteiger partial charge in [-0.1, -0.05) is 30.3 Å². The van der Waals surface area contributed by atoms with E-state index in [9.17, 15) is 0 Å². The molecule has 1 unspecified atom stereocenters. The molecule has 3 rings (SSSR count). The standard InChI is InChI=1S/C14H16N2S.ClH/c1-15-14(12-5-3-2-4-6-12)8-7-13-11(9-14)10-16-17-13;/h2-6,10,15H,7-9H2,1H3;1H. The van der Waals surface area contributed by atoms with Crippen molar-refractivity contribution in [1.29, 1.82) is 0 Å². The Morgan fingerprint density at radius 2 is 2.06 bits per heavy atom. The summed E-state index contributed by atoms with van der Waals surface area (Å²) in [5.41, 5.74) is 2.90. The minimum atomic E-state index is 0. The highest BCUT2D eigenvalue weighted by molar-refractivity contribution is 7.05. The lowest BCUT2D eigenvalue weighted by Gasteiger charge is -2.37. The Morgan fingerprint density at radius 1 is 1.28 bits per heavy atom. The first-order chi connectivity index (χ1) is 8.34. The van der Waals surface area contributed by atoms with Crippen LogP contribution >= 0.6 is 23.9 Å². The van der Waals surface area contributed by atoms with Crippen molar-refractivity contribution >= 4 is 23.9 Å². The van der Waals surface area contributed by atoms with Gasteiger partial charge in [-0.15, -0.1) is 12.4 Å². The number of nitrogens with one attached hydrogen (secondary N) is 1. The second-order valence-electron chi connectivity index (χ2n) is 4.65. The number of halogens is 1. The molecular formula is C14H17ClN2S. The molecule has 0 radical (unpaired) electrons. The Kier molecular flexibility index (Phi) is 4.05. The Morgan fingerprint density at radius 3 is 2.78 bits per heavy atom. The molecule has 0 saturated heterocycles. The van der Waals surface area contributed by atoms with Crippen molar-refractivity contribution in [3.63, 3.8) is 0 Å². The van der Waals surface area contributed by atoms with E-state index in [2.05, 4.69) is 47.1 Å². The zero-order valence-electron chi connectivity index (χ0n) is 10.3. The van der Waals surface area contributed by atoms with Crippen LogP contribution in [0.2, 0.25) is 0 Å². The van der Waals surface area contributed by atoms with E-state index >= 15 is 0 Å². The summed E-state index contributed by atoms with van der Waals surface area (Å²) in [4.78, 5) is 1.46. The summed E-state index contributed by atoms with van der Waals surface area (Å²) >= 11 is 1.65. The largest absolute Gasteiger partial charge is 0.310 e. The van der Waals surface area contributed by atoms with Gasteiger partial charge in [0.15, 0.2) is 0 Å². The minimum Gasteiger partial charge on any atom is -0.310 e. The van der Waals surface area contributed by atoms with E-state index in [1.165, 1.54) is 16.0 Å². The van der Waals surface area contributed by atoms with Crippen LogP contribution in [0.15, 0.2) is 36.5 Å². The van der Waals surface area contributed by atoms with Crippen molar-refractivity contribution in [2.45, 2.75) is 24.8 Å². The van der Waals surface area contributed by atoms with Gasteiger partial charge in [0.05, 0.1) is 0 Å². The van der Waals surface area contributed by atoms with E-state index < -0.39 is 0 Å². The lowest BCUT2D eigenvalue weighted by molar-refractivity contribution is 0.317. The number of benzene rings is 1. The summed E-state index contributed by atoms with van der Waals surface area (Å²) in [6, 6.07) is 10.8. The highest BCUT2D eigenvalue weighted by Gasteiger charge is 2.35. The highest BCUT2D eigenvalue weighted by Crippen LogP contribution is 2.37. The highest BCUT2D eigenvalue weighted by atomic mass is 35.5. The third-order valence-electron chi connectivity index (χ3n) is 3.81. The van der Waals surface area contributed by atoms with Crippen molar-refractivity contribution in [2.24, 2.45) is 0 Å². The fraction of sp³-hybridized carbons (Fsp3) is 0.357. The van der Waals surface area contributed by atoms with Gasteiger partial charge >= 0.3 is 0 Å². The first-order valence-electron chi connectivity index (χ1n) is 6.01. The molecule has 0 spiro atoms. The van der Waals surface area contributed by atoms with Gasteiger partial charge in [-0.05, 0) is 49.0 Å². The number of hydrogen-bond donors (Lipinski definition) is 1. The normalized spacial score (nSPS) is 22.1. The second-order valence-corrected chi connectivity index (χ2v) is 5.54. The SMILES string of the molecule is CNC1(c2ccccc2)CCc2sncc2C1.Cl. The number of aromatic nitrogens is 1.